The molecule has 2 saturated heterocycles. The van der Waals surface area contributed by atoms with E-state index < -0.39 is 25.0 Å². The summed E-state index contributed by atoms with van der Waals surface area (Å²) in [5.74, 6) is -1.06. The topological polar surface area (TPSA) is 88.2 Å². The number of amides is 3. The zero-order valence-corrected chi connectivity index (χ0v) is 17.9. The number of carbonyl (C=O) groups is 3. The minimum absolute atomic E-state index is 0.0320. The lowest BCUT2D eigenvalue weighted by Crippen LogP contribution is -2.52. The molecule has 2 fully saturated rings. The third-order valence-corrected chi connectivity index (χ3v) is 5.91. The predicted octanol–water partition coefficient (Wildman–Crippen LogP) is 1.86. The van der Waals surface area contributed by atoms with Gasteiger partial charge in [-0.25, -0.2) is 0 Å². The van der Waals surface area contributed by atoms with Crippen molar-refractivity contribution in [3.05, 3.63) is 64.7 Å². The highest BCUT2D eigenvalue weighted by Crippen LogP contribution is 2.34. The lowest BCUT2D eigenvalue weighted by molar-refractivity contribution is -0.136. The molecule has 8 heteroatoms. The van der Waals surface area contributed by atoms with E-state index in [1.165, 1.54) is 17.0 Å². The average Bonchev–Trinajstić information content (AvgIpc) is 3.21. The SMILES string of the molecule is [2H]c1cc(C([2H])([2H])N2CCOCC2)cc([2H])c1C([2H])Oc1cccc2c1CN(C1CCC(=O)NC1=O)C2=O. The Kier molecular flexibility index (Phi) is 4.63. The highest BCUT2D eigenvalue weighted by atomic mass is 16.5. The Balaban J connectivity index is 1.37. The second-order valence-electron chi connectivity index (χ2n) is 8.08. The Labute approximate surface area is 199 Å². The standard InChI is InChI=1S/C25H27N3O5/c29-23-9-8-21(24(30)26-23)28-15-20-19(25(28)31)2-1-3-22(20)33-16-18-6-4-17(5-7-18)14-27-10-12-32-13-11-27/h1-7,21H,8-16H2,(H,26,29,30)/i6D,7D,14D2,16D. The van der Waals surface area contributed by atoms with E-state index in [2.05, 4.69) is 5.32 Å². The minimum Gasteiger partial charge on any atom is -0.489 e. The summed E-state index contributed by atoms with van der Waals surface area (Å²) in [5, 5.41) is 2.26. The maximum atomic E-state index is 13.1. The van der Waals surface area contributed by atoms with Gasteiger partial charge in [0.15, 0.2) is 0 Å². The van der Waals surface area contributed by atoms with Gasteiger partial charge >= 0.3 is 0 Å². The van der Waals surface area contributed by atoms with E-state index in [0.29, 0.717) is 37.4 Å². The Hall–Kier alpha value is -3.23. The van der Waals surface area contributed by atoms with Crippen molar-refractivity contribution in [2.24, 2.45) is 0 Å². The molecule has 2 unspecified atom stereocenters. The number of hydrogen-bond acceptors (Lipinski definition) is 6. The van der Waals surface area contributed by atoms with Crippen molar-refractivity contribution in [3.63, 3.8) is 0 Å². The first-order valence-electron chi connectivity index (χ1n) is 13.5. The molecule has 3 heterocycles. The van der Waals surface area contributed by atoms with Crippen LogP contribution in [0.15, 0.2) is 42.4 Å². The summed E-state index contributed by atoms with van der Waals surface area (Å²) in [4.78, 5) is 39.9. The Morgan fingerprint density at radius 3 is 2.67 bits per heavy atom. The van der Waals surface area contributed by atoms with Crippen LogP contribution in [0.25, 0.3) is 0 Å². The number of piperidine rings is 1. The third kappa shape index (κ3) is 4.62. The van der Waals surface area contributed by atoms with E-state index in [0.717, 1.165) is 0 Å². The number of hydrogen-bond donors (Lipinski definition) is 1. The second-order valence-corrected chi connectivity index (χ2v) is 8.08. The summed E-state index contributed by atoms with van der Waals surface area (Å²) in [6.07, 6.45) is 0.350. The lowest BCUT2D eigenvalue weighted by atomic mass is 10.0. The molecule has 0 saturated carbocycles. The third-order valence-electron chi connectivity index (χ3n) is 5.91. The molecule has 0 spiro atoms. The molecule has 1 N–H and O–H groups in total. The summed E-state index contributed by atoms with van der Waals surface area (Å²) in [6, 6.07) is 6.23. The fourth-order valence-electron chi connectivity index (χ4n) is 4.17. The molecule has 0 radical (unpaired) electrons. The van der Waals surface area contributed by atoms with Crippen LogP contribution >= 0.6 is 0 Å². The van der Waals surface area contributed by atoms with Gasteiger partial charge in [0.1, 0.15) is 18.4 Å². The molecular weight excluding hydrogens is 422 g/mol. The van der Waals surface area contributed by atoms with Gasteiger partial charge in [-0.1, -0.05) is 30.3 Å². The number of fused-ring (bicyclic) bond motifs is 1. The Bertz CT molecular complexity index is 1280. The first-order valence-corrected chi connectivity index (χ1v) is 10.9. The molecule has 2 aromatic carbocycles. The quantitative estimate of drug-likeness (QED) is 0.671. The molecule has 0 aliphatic carbocycles. The minimum atomic E-state index is -1.91. The lowest BCUT2D eigenvalue weighted by Gasteiger charge is -2.29. The van der Waals surface area contributed by atoms with Crippen molar-refractivity contribution in [2.75, 3.05) is 26.3 Å². The number of ether oxygens (including phenoxy) is 2. The van der Waals surface area contributed by atoms with Gasteiger partial charge in [-0.05, 0) is 29.7 Å². The van der Waals surface area contributed by atoms with Crippen LogP contribution < -0.4 is 10.1 Å². The van der Waals surface area contributed by atoms with E-state index in [1.54, 1.807) is 23.1 Å². The fourth-order valence-corrected chi connectivity index (χ4v) is 4.17. The van der Waals surface area contributed by atoms with E-state index in [9.17, 15) is 14.4 Å². The van der Waals surface area contributed by atoms with Gasteiger partial charge < -0.3 is 14.4 Å². The molecule has 0 aromatic heterocycles. The number of benzene rings is 2. The van der Waals surface area contributed by atoms with Crippen LogP contribution in [0.3, 0.4) is 0 Å². The van der Waals surface area contributed by atoms with Gasteiger partial charge in [-0.3, -0.25) is 24.6 Å². The molecule has 3 aliphatic heterocycles. The van der Waals surface area contributed by atoms with Crippen LogP contribution in [-0.4, -0.2) is 59.9 Å². The molecule has 8 nitrogen and oxygen atoms in total. The zero-order chi connectivity index (χ0) is 27.2. The molecule has 33 heavy (non-hydrogen) atoms. The summed E-state index contributed by atoms with van der Waals surface area (Å²) in [5.41, 5.74) is 0.926. The van der Waals surface area contributed by atoms with Crippen molar-refractivity contribution in [2.45, 2.75) is 38.5 Å². The number of nitrogens with one attached hydrogen (secondary N) is 1. The maximum absolute atomic E-state index is 13.1. The van der Waals surface area contributed by atoms with Crippen LogP contribution in [0.2, 0.25) is 0 Å². The van der Waals surface area contributed by atoms with Crippen LogP contribution in [-0.2, 0) is 34.0 Å². The highest BCUT2D eigenvalue weighted by molar-refractivity contribution is 6.05. The normalized spacial score (nSPS) is 24.7. The summed E-state index contributed by atoms with van der Waals surface area (Å²) < 4.78 is 53.8. The summed E-state index contributed by atoms with van der Waals surface area (Å²) >= 11 is 0. The molecule has 0 bridgehead atoms. The van der Waals surface area contributed by atoms with E-state index in [1.807, 2.05) is 0 Å². The van der Waals surface area contributed by atoms with Gasteiger partial charge in [0, 0.05) is 39.9 Å². The number of morpholine rings is 1. The molecule has 2 atom stereocenters. The van der Waals surface area contributed by atoms with E-state index in [-0.39, 0.29) is 60.2 Å². The monoisotopic (exact) mass is 454 g/mol. The predicted molar refractivity (Wildman–Crippen MR) is 119 cm³/mol. The Morgan fingerprint density at radius 2 is 1.91 bits per heavy atom. The largest absolute Gasteiger partial charge is 0.489 e. The first kappa shape index (κ1) is 16.4. The summed E-state index contributed by atoms with van der Waals surface area (Å²) in [6.45, 7) is -1.78. The number of rotatable bonds is 6. The van der Waals surface area contributed by atoms with Crippen LogP contribution in [0.1, 0.15) is 46.7 Å². The number of carbonyl (C=O) groups excluding carboxylic acids is 3. The van der Waals surface area contributed by atoms with E-state index >= 15 is 0 Å². The van der Waals surface area contributed by atoms with Crippen LogP contribution in [0, 0.1) is 0 Å². The van der Waals surface area contributed by atoms with Crippen LogP contribution in [0.4, 0.5) is 0 Å². The van der Waals surface area contributed by atoms with E-state index in [4.69, 9.17) is 16.3 Å². The van der Waals surface area contributed by atoms with Crippen LogP contribution in [0.5, 0.6) is 5.75 Å². The van der Waals surface area contributed by atoms with Gasteiger partial charge in [-0.15, -0.1) is 0 Å². The summed E-state index contributed by atoms with van der Waals surface area (Å²) in [7, 11) is 0. The van der Waals surface area contributed by atoms with Crippen molar-refractivity contribution in [1.29, 1.82) is 0 Å². The number of nitrogens with zero attached hydrogens (tertiary/aromatic N) is 2. The van der Waals surface area contributed by atoms with Crippen molar-refractivity contribution in [1.82, 2.24) is 15.1 Å². The highest BCUT2D eigenvalue weighted by Gasteiger charge is 2.40. The van der Waals surface area contributed by atoms with Crippen molar-refractivity contribution >= 4 is 17.7 Å². The van der Waals surface area contributed by atoms with Gasteiger partial charge in [0.2, 0.25) is 11.8 Å². The van der Waals surface area contributed by atoms with Gasteiger partial charge in [0.25, 0.3) is 5.91 Å². The molecule has 3 amide bonds. The maximum Gasteiger partial charge on any atom is 0.255 e. The fraction of sp³-hybridized carbons (Fsp3) is 0.400. The van der Waals surface area contributed by atoms with Crippen molar-refractivity contribution in [3.8, 4) is 5.75 Å². The molecule has 2 aromatic rings. The second kappa shape index (κ2) is 9.33. The molecule has 172 valence electrons. The molecular formula is C25H27N3O5. The Morgan fingerprint density at radius 1 is 1.12 bits per heavy atom. The average molecular weight is 455 g/mol. The number of imide groups is 1. The van der Waals surface area contributed by atoms with Crippen molar-refractivity contribution < 1.29 is 30.7 Å². The first-order chi connectivity index (χ1) is 18.1. The molecule has 3 aliphatic rings. The smallest absolute Gasteiger partial charge is 0.255 e. The van der Waals surface area contributed by atoms with Gasteiger partial charge in [0.05, 0.1) is 23.9 Å². The van der Waals surface area contributed by atoms with Gasteiger partial charge in [-0.2, -0.15) is 0 Å². The molecule has 5 rings (SSSR count). The zero-order valence-electron chi connectivity index (χ0n) is 22.9.